The van der Waals surface area contributed by atoms with Crippen molar-refractivity contribution >= 4 is 34.2 Å². The number of hydrogen-bond donors (Lipinski definition) is 1. The first-order chi connectivity index (χ1) is 11.5. The van der Waals surface area contributed by atoms with Crippen LogP contribution in [0, 0.1) is 0 Å². The van der Waals surface area contributed by atoms with Gasteiger partial charge in [-0.05, 0) is 30.0 Å². The van der Waals surface area contributed by atoms with Crippen LogP contribution in [0.5, 0.6) is 0 Å². The van der Waals surface area contributed by atoms with Crippen molar-refractivity contribution in [2.45, 2.75) is 13.3 Å². The Bertz CT molecular complexity index is 844. The normalized spacial score (nSPS) is 13.5. The maximum Gasteiger partial charge on any atom is 0.261 e. The monoisotopic (exact) mass is 326 g/mol. The first kappa shape index (κ1) is 16.1. The van der Waals surface area contributed by atoms with Crippen LogP contribution in [0.15, 0.2) is 30.3 Å². The molecule has 0 saturated carbocycles. The molecule has 1 N–H and O–H groups in total. The Kier molecular flexibility index (Phi) is 4.31. The van der Waals surface area contributed by atoms with Gasteiger partial charge in [0.05, 0.1) is 5.56 Å². The second kappa shape index (κ2) is 6.41. The van der Waals surface area contributed by atoms with Gasteiger partial charge in [0.15, 0.2) is 0 Å². The number of benzene rings is 2. The van der Waals surface area contributed by atoms with Crippen molar-refractivity contribution in [1.82, 2.24) is 4.90 Å². The summed E-state index contributed by atoms with van der Waals surface area (Å²) < 4.78 is 5.00. The highest BCUT2D eigenvalue weighted by Crippen LogP contribution is 2.32. The third kappa shape index (κ3) is 2.76. The van der Waals surface area contributed by atoms with Gasteiger partial charge in [-0.3, -0.25) is 19.3 Å². The van der Waals surface area contributed by atoms with Gasteiger partial charge < -0.3 is 10.1 Å². The summed E-state index contributed by atoms with van der Waals surface area (Å²) in [5, 5.41) is 4.10. The SMILES string of the molecule is COCCCN1C(=O)c2cccc3cc(NC(C)=O)cc(c23)C1=O. The minimum Gasteiger partial charge on any atom is -0.385 e. The van der Waals surface area contributed by atoms with Crippen molar-refractivity contribution in [3.63, 3.8) is 0 Å². The lowest BCUT2D eigenvalue weighted by molar-refractivity contribution is -0.114. The summed E-state index contributed by atoms with van der Waals surface area (Å²) in [6.45, 7) is 2.18. The first-order valence-corrected chi connectivity index (χ1v) is 7.72. The van der Waals surface area contributed by atoms with E-state index in [1.165, 1.54) is 11.8 Å². The van der Waals surface area contributed by atoms with E-state index in [0.717, 1.165) is 5.39 Å². The van der Waals surface area contributed by atoms with Crippen LogP contribution in [0.2, 0.25) is 0 Å². The predicted octanol–water partition coefficient (Wildman–Crippen LogP) is 2.43. The van der Waals surface area contributed by atoms with Crippen molar-refractivity contribution in [2.75, 3.05) is 25.6 Å². The molecular formula is C18H18N2O4. The predicted molar refractivity (Wildman–Crippen MR) is 90.1 cm³/mol. The highest BCUT2D eigenvalue weighted by molar-refractivity contribution is 6.26. The van der Waals surface area contributed by atoms with E-state index in [9.17, 15) is 14.4 Å². The molecule has 6 heteroatoms. The van der Waals surface area contributed by atoms with Crippen LogP contribution in [-0.2, 0) is 9.53 Å². The van der Waals surface area contributed by atoms with E-state index in [4.69, 9.17) is 4.74 Å². The molecule has 0 unspecified atom stereocenters. The van der Waals surface area contributed by atoms with Gasteiger partial charge in [0.25, 0.3) is 11.8 Å². The summed E-state index contributed by atoms with van der Waals surface area (Å²) >= 11 is 0. The molecule has 1 aliphatic heterocycles. The molecule has 0 saturated heterocycles. The molecule has 6 nitrogen and oxygen atoms in total. The minimum atomic E-state index is -0.341. The number of nitrogens with one attached hydrogen (secondary N) is 1. The van der Waals surface area contributed by atoms with Gasteiger partial charge in [-0.2, -0.15) is 0 Å². The van der Waals surface area contributed by atoms with Crippen LogP contribution < -0.4 is 5.32 Å². The number of nitrogens with zero attached hydrogens (tertiary/aromatic N) is 1. The van der Waals surface area contributed by atoms with E-state index in [-0.39, 0.29) is 17.7 Å². The third-order valence-electron chi connectivity index (χ3n) is 3.98. The fourth-order valence-electron chi connectivity index (χ4n) is 3.00. The maximum atomic E-state index is 12.8. The van der Waals surface area contributed by atoms with Gasteiger partial charge in [0.1, 0.15) is 0 Å². The van der Waals surface area contributed by atoms with Crippen LogP contribution in [0.25, 0.3) is 10.8 Å². The van der Waals surface area contributed by atoms with Crippen LogP contribution >= 0.6 is 0 Å². The quantitative estimate of drug-likeness (QED) is 0.676. The highest BCUT2D eigenvalue weighted by atomic mass is 16.5. The molecular weight excluding hydrogens is 308 g/mol. The Morgan fingerprint density at radius 1 is 1.17 bits per heavy atom. The molecule has 1 heterocycles. The van der Waals surface area contributed by atoms with Gasteiger partial charge in [-0.1, -0.05) is 12.1 Å². The number of amides is 3. The number of hydrogen-bond acceptors (Lipinski definition) is 4. The fourth-order valence-corrected chi connectivity index (χ4v) is 3.00. The molecule has 0 radical (unpaired) electrons. The Hall–Kier alpha value is -2.73. The van der Waals surface area contributed by atoms with E-state index >= 15 is 0 Å². The van der Waals surface area contributed by atoms with Crippen LogP contribution in [0.1, 0.15) is 34.1 Å². The molecule has 124 valence electrons. The van der Waals surface area contributed by atoms with E-state index in [1.54, 1.807) is 31.4 Å². The largest absolute Gasteiger partial charge is 0.385 e. The molecule has 0 bridgehead atoms. The number of imide groups is 1. The number of ether oxygens (including phenoxy) is 1. The van der Waals surface area contributed by atoms with Crippen molar-refractivity contribution in [2.24, 2.45) is 0 Å². The zero-order valence-electron chi connectivity index (χ0n) is 13.6. The molecule has 24 heavy (non-hydrogen) atoms. The Labute approximate surface area is 139 Å². The Morgan fingerprint density at radius 2 is 1.92 bits per heavy atom. The molecule has 0 atom stereocenters. The standard InChI is InChI=1S/C18H18N2O4/c1-11(21)19-13-9-12-5-3-6-14-16(12)15(10-13)18(23)20(17(14)22)7-4-8-24-2/h3,5-6,9-10H,4,7-8H2,1-2H3,(H,19,21). The minimum absolute atomic E-state index is 0.214. The highest BCUT2D eigenvalue weighted by Gasteiger charge is 2.32. The zero-order valence-corrected chi connectivity index (χ0v) is 13.6. The lowest BCUT2D eigenvalue weighted by atomic mass is 9.93. The van der Waals surface area contributed by atoms with Gasteiger partial charge in [-0.25, -0.2) is 0 Å². The van der Waals surface area contributed by atoms with Crippen molar-refractivity contribution in [1.29, 1.82) is 0 Å². The fraction of sp³-hybridized carbons (Fsp3) is 0.278. The van der Waals surface area contributed by atoms with E-state index in [0.29, 0.717) is 41.8 Å². The average molecular weight is 326 g/mol. The van der Waals surface area contributed by atoms with Crippen molar-refractivity contribution in [3.05, 3.63) is 41.5 Å². The molecule has 2 aromatic carbocycles. The summed E-state index contributed by atoms with van der Waals surface area (Å²) in [6.07, 6.45) is 0.574. The second-order valence-corrected chi connectivity index (χ2v) is 5.72. The number of methoxy groups -OCH3 is 1. The Morgan fingerprint density at radius 3 is 2.62 bits per heavy atom. The van der Waals surface area contributed by atoms with Gasteiger partial charge in [-0.15, -0.1) is 0 Å². The van der Waals surface area contributed by atoms with E-state index in [2.05, 4.69) is 5.32 Å². The molecule has 0 spiro atoms. The lowest BCUT2D eigenvalue weighted by Gasteiger charge is -2.27. The van der Waals surface area contributed by atoms with Crippen LogP contribution in [-0.4, -0.2) is 42.9 Å². The summed E-state index contributed by atoms with van der Waals surface area (Å²) in [5.74, 6) is -0.845. The number of carbonyl (C=O) groups is 3. The molecule has 1 aliphatic rings. The molecule has 3 rings (SSSR count). The molecule has 3 amide bonds. The van der Waals surface area contributed by atoms with Gasteiger partial charge >= 0.3 is 0 Å². The smallest absolute Gasteiger partial charge is 0.261 e. The van der Waals surface area contributed by atoms with Crippen molar-refractivity contribution in [3.8, 4) is 0 Å². The van der Waals surface area contributed by atoms with Crippen LogP contribution in [0.4, 0.5) is 5.69 Å². The van der Waals surface area contributed by atoms with E-state index < -0.39 is 0 Å². The summed E-state index contributed by atoms with van der Waals surface area (Å²) in [4.78, 5) is 38.0. The molecule has 0 fully saturated rings. The molecule has 2 aromatic rings. The topological polar surface area (TPSA) is 75.7 Å². The molecule has 0 aliphatic carbocycles. The maximum absolute atomic E-state index is 12.8. The number of anilines is 1. The summed E-state index contributed by atoms with van der Waals surface area (Å²) in [5.41, 5.74) is 1.49. The van der Waals surface area contributed by atoms with Crippen LogP contribution in [0.3, 0.4) is 0 Å². The second-order valence-electron chi connectivity index (χ2n) is 5.72. The van der Waals surface area contributed by atoms with Gasteiger partial charge in [0, 0.05) is 43.8 Å². The van der Waals surface area contributed by atoms with Gasteiger partial charge in [0.2, 0.25) is 5.91 Å². The average Bonchev–Trinajstić information content (AvgIpc) is 2.54. The Balaban J connectivity index is 2.10. The summed E-state index contributed by atoms with van der Waals surface area (Å²) in [7, 11) is 1.58. The first-order valence-electron chi connectivity index (χ1n) is 7.72. The summed E-state index contributed by atoms with van der Waals surface area (Å²) in [6, 6.07) is 8.73. The molecule has 0 aromatic heterocycles. The van der Waals surface area contributed by atoms with Crippen molar-refractivity contribution < 1.29 is 19.1 Å². The lowest BCUT2D eigenvalue weighted by Crippen LogP contribution is -2.41. The number of carbonyl (C=O) groups excluding carboxylic acids is 3. The number of rotatable bonds is 5. The zero-order chi connectivity index (χ0) is 17.3. The third-order valence-corrected chi connectivity index (χ3v) is 3.98. The van der Waals surface area contributed by atoms with E-state index in [1.807, 2.05) is 6.07 Å².